The van der Waals surface area contributed by atoms with Gasteiger partial charge in [0.2, 0.25) is 0 Å². The summed E-state index contributed by atoms with van der Waals surface area (Å²) in [4.78, 5) is 4.36. The lowest BCUT2D eigenvalue weighted by Crippen LogP contribution is -2.20. The van der Waals surface area contributed by atoms with Crippen LogP contribution in [-0.4, -0.2) is 26.5 Å². The van der Waals surface area contributed by atoms with Crippen molar-refractivity contribution in [2.45, 2.75) is 33.3 Å². The summed E-state index contributed by atoms with van der Waals surface area (Å²) >= 11 is 0. The average molecular weight is 582 g/mol. The van der Waals surface area contributed by atoms with E-state index in [4.69, 9.17) is 0 Å². The summed E-state index contributed by atoms with van der Waals surface area (Å²) in [5.41, 5.74) is 1.58. The van der Waals surface area contributed by atoms with E-state index in [-0.39, 0.29) is 39.9 Å². The highest BCUT2D eigenvalue weighted by atomic mass is 19.1. The first kappa shape index (κ1) is 27.7. The Morgan fingerprint density at radius 3 is 2.35 bits per heavy atom. The largest absolute Gasteiger partial charge is 0.383 e. The van der Waals surface area contributed by atoms with Gasteiger partial charge in [-0.25, -0.2) is 17.9 Å². The molecule has 0 amide bonds. The Labute approximate surface area is 247 Å². The van der Waals surface area contributed by atoms with E-state index in [2.05, 4.69) is 38.1 Å². The summed E-state index contributed by atoms with van der Waals surface area (Å²) < 4.78 is 53.3. The van der Waals surface area contributed by atoms with E-state index in [0.717, 1.165) is 12.1 Å². The minimum atomic E-state index is -1.90. The molecular weight excluding hydrogens is 553 g/mol. The molecule has 2 heterocycles. The maximum absolute atomic E-state index is 14.3. The number of hydrogen-bond acceptors (Lipinski definition) is 7. The van der Waals surface area contributed by atoms with E-state index in [9.17, 15) is 25.1 Å². The molecule has 0 aliphatic rings. The fraction of sp³-hybridized carbons (Fsp3) is 0.219. The number of pyridine rings is 1. The van der Waals surface area contributed by atoms with Gasteiger partial charge in [0.05, 0.1) is 42.5 Å². The lowest BCUT2D eigenvalue weighted by Gasteiger charge is -2.22. The predicted octanol–water partition coefficient (Wildman–Crippen LogP) is 6.69. The van der Waals surface area contributed by atoms with Crippen molar-refractivity contribution in [3.05, 3.63) is 112 Å². The molecule has 0 aliphatic carbocycles. The molecule has 0 spiro atoms. The number of anilines is 2. The van der Waals surface area contributed by atoms with Crippen molar-refractivity contribution in [1.82, 2.24) is 20.0 Å². The van der Waals surface area contributed by atoms with Crippen molar-refractivity contribution in [2.75, 3.05) is 17.2 Å². The molecular formula is C32H27F3N8. The fourth-order valence-corrected chi connectivity index (χ4v) is 4.47. The number of benzene rings is 3. The summed E-state index contributed by atoms with van der Waals surface area (Å²) in [5, 5.41) is 34.9. The minimum Gasteiger partial charge on any atom is -0.383 e. The zero-order chi connectivity index (χ0) is 31.6. The second-order valence-corrected chi connectivity index (χ2v) is 11.1. The van der Waals surface area contributed by atoms with Crippen LogP contribution in [0.25, 0.3) is 10.9 Å². The molecule has 1 atom stereocenters. The minimum absolute atomic E-state index is 0.0365. The Bertz CT molecular complexity index is 1920. The lowest BCUT2D eigenvalue weighted by molar-refractivity contribution is 0.443. The maximum atomic E-state index is 14.3. The first-order chi connectivity index (χ1) is 20.9. The predicted molar refractivity (Wildman–Crippen MR) is 156 cm³/mol. The lowest BCUT2D eigenvalue weighted by atomic mass is 9.96. The molecule has 0 unspecified atom stereocenters. The third-order valence-corrected chi connectivity index (χ3v) is 6.59. The van der Waals surface area contributed by atoms with Gasteiger partial charge in [-0.05, 0) is 47.4 Å². The molecule has 3 aromatic carbocycles. The van der Waals surface area contributed by atoms with Gasteiger partial charge in [0.15, 0.2) is 0 Å². The summed E-state index contributed by atoms with van der Waals surface area (Å²) in [6.07, 6.45) is 2.78. The number of nitriles is 2. The Morgan fingerprint density at radius 2 is 1.70 bits per heavy atom. The number of hydrogen-bond donors (Lipinski definition) is 2. The Kier molecular flexibility index (Phi) is 7.63. The summed E-state index contributed by atoms with van der Waals surface area (Å²) in [7, 11) is 0. The molecule has 11 heteroatoms. The van der Waals surface area contributed by atoms with Crippen LogP contribution in [0.5, 0.6) is 0 Å². The highest BCUT2D eigenvalue weighted by Gasteiger charge is 2.22. The first-order valence-corrected chi connectivity index (χ1v) is 13.3. The molecule has 0 saturated carbocycles. The van der Waals surface area contributed by atoms with Gasteiger partial charge in [-0.15, -0.1) is 5.10 Å². The van der Waals surface area contributed by atoms with Crippen LogP contribution in [-0.2, 0) is 6.54 Å². The third-order valence-electron chi connectivity index (χ3n) is 6.59. The summed E-state index contributed by atoms with van der Waals surface area (Å²) in [5.74, 6) is -2.02. The van der Waals surface area contributed by atoms with Crippen LogP contribution in [0.1, 0.15) is 56.1 Å². The standard InChI is InChI=1S/C32H27F3N8/c1-32(2,3)18-39-30-21(14-37)15-38-29-20(13-36)11-23(12-24(29)30)40-31(19-7-9-22(33)10-8-19)28-17-43(42-41-28)16-25-26(34)5-4-6-27(25)35/h4-12,15,17,31,40H,16,18H2,1-3H3,(H,38,39)/t31-/m0/s1/i31D. The number of nitrogens with one attached hydrogen (secondary N) is 2. The number of rotatable bonds is 8. The molecule has 0 fully saturated rings. The topological polar surface area (TPSA) is 115 Å². The second kappa shape index (κ2) is 11.8. The van der Waals surface area contributed by atoms with Crippen LogP contribution in [0.3, 0.4) is 0 Å². The van der Waals surface area contributed by atoms with E-state index in [1.807, 2.05) is 20.8 Å². The SMILES string of the molecule is [2H][C@](Nc1cc(C#N)c2ncc(C#N)c(NCC(C)(C)C)c2c1)(c1ccc(F)cc1)c1cn(Cc2c(F)cccc2F)nn1. The van der Waals surface area contributed by atoms with Crippen molar-refractivity contribution >= 4 is 22.3 Å². The number of halogens is 3. The van der Waals surface area contributed by atoms with Crippen LogP contribution in [0.2, 0.25) is 0 Å². The van der Waals surface area contributed by atoms with Crippen molar-refractivity contribution < 1.29 is 14.5 Å². The summed E-state index contributed by atoms with van der Waals surface area (Å²) in [6, 6.07) is 14.3. The van der Waals surface area contributed by atoms with E-state index >= 15 is 0 Å². The highest BCUT2D eigenvalue weighted by Crippen LogP contribution is 2.34. The van der Waals surface area contributed by atoms with Crippen LogP contribution >= 0.6 is 0 Å². The number of aromatic nitrogens is 4. The van der Waals surface area contributed by atoms with E-state index in [1.165, 1.54) is 53.5 Å². The molecule has 5 aromatic rings. The van der Waals surface area contributed by atoms with Gasteiger partial charge < -0.3 is 10.6 Å². The van der Waals surface area contributed by atoms with Crippen LogP contribution in [0.15, 0.2) is 67.0 Å². The second-order valence-electron chi connectivity index (χ2n) is 11.1. The maximum Gasteiger partial charge on any atom is 0.131 e. The number of fused-ring (bicyclic) bond motifs is 1. The molecule has 2 N–H and O–H groups in total. The molecule has 0 radical (unpaired) electrons. The molecule has 0 bridgehead atoms. The third kappa shape index (κ3) is 6.41. The van der Waals surface area contributed by atoms with Crippen molar-refractivity contribution in [3.63, 3.8) is 0 Å². The molecule has 0 aliphatic heterocycles. The van der Waals surface area contributed by atoms with E-state index < -0.39 is 23.5 Å². The zero-order valence-corrected chi connectivity index (χ0v) is 23.6. The normalized spacial score (nSPS) is 13.1. The highest BCUT2D eigenvalue weighted by molar-refractivity contribution is 5.99. The van der Waals surface area contributed by atoms with Gasteiger partial charge in [-0.3, -0.25) is 4.98 Å². The fourth-order valence-electron chi connectivity index (χ4n) is 4.47. The van der Waals surface area contributed by atoms with E-state index in [0.29, 0.717) is 28.8 Å². The molecule has 2 aromatic heterocycles. The van der Waals surface area contributed by atoms with Crippen LogP contribution < -0.4 is 10.6 Å². The molecule has 43 heavy (non-hydrogen) atoms. The van der Waals surface area contributed by atoms with Gasteiger partial charge in [-0.2, -0.15) is 10.5 Å². The Morgan fingerprint density at radius 1 is 1.00 bits per heavy atom. The molecule has 0 saturated heterocycles. The summed E-state index contributed by atoms with van der Waals surface area (Å²) in [6.45, 7) is 6.34. The van der Waals surface area contributed by atoms with Gasteiger partial charge in [0, 0.05) is 29.4 Å². The zero-order valence-electron chi connectivity index (χ0n) is 24.6. The quantitative estimate of drug-likeness (QED) is 0.210. The van der Waals surface area contributed by atoms with Gasteiger partial charge >= 0.3 is 0 Å². The Hall–Kier alpha value is -5.42. The van der Waals surface area contributed by atoms with Gasteiger partial charge in [0.1, 0.15) is 35.3 Å². The smallest absolute Gasteiger partial charge is 0.131 e. The van der Waals surface area contributed by atoms with E-state index in [1.54, 1.807) is 6.07 Å². The first-order valence-electron chi connectivity index (χ1n) is 13.8. The molecule has 8 nitrogen and oxygen atoms in total. The van der Waals surface area contributed by atoms with Crippen LogP contribution in [0, 0.1) is 45.5 Å². The van der Waals surface area contributed by atoms with Gasteiger partial charge in [-0.1, -0.05) is 44.2 Å². The Balaban J connectivity index is 1.63. The molecule has 5 rings (SSSR count). The van der Waals surface area contributed by atoms with Crippen molar-refractivity contribution in [3.8, 4) is 12.1 Å². The number of nitrogens with zero attached hydrogens (tertiary/aromatic N) is 6. The van der Waals surface area contributed by atoms with Gasteiger partial charge in [0.25, 0.3) is 0 Å². The van der Waals surface area contributed by atoms with Crippen LogP contribution in [0.4, 0.5) is 24.5 Å². The monoisotopic (exact) mass is 581 g/mol. The average Bonchev–Trinajstić information content (AvgIpc) is 3.46. The van der Waals surface area contributed by atoms with Crippen molar-refractivity contribution in [2.24, 2.45) is 5.41 Å². The van der Waals surface area contributed by atoms with Crippen molar-refractivity contribution in [1.29, 1.82) is 10.5 Å². The molecule has 216 valence electrons.